The monoisotopic (exact) mass is 422 g/mol. The lowest BCUT2D eigenvalue weighted by atomic mass is 9.81. The van der Waals surface area contributed by atoms with Crippen molar-refractivity contribution in [3.8, 4) is 0 Å². The molecule has 1 amide bonds. The van der Waals surface area contributed by atoms with Gasteiger partial charge in [-0.2, -0.15) is 0 Å². The number of piperidine rings is 1. The van der Waals surface area contributed by atoms with Gasteiger partial charge >= 0.3 is 0 Å². The molecule has 5 nitrogen and oxygen atoms in total. The molecule has 1 aromatic carbocycles. The van der Waals surface area contributed by atoms with Gasteiger partial charge in [0.05, 0.1) is 11.7 Å². The van der Waals surface area contributed by atoms with Crippen molar-refractivity contribution in [2.45, 2.75) is 72.3 Å². The Bertz CT molecular complexity index is 767. The van der Waals surface area contributed by atoms with E-state index in [1.807, 2.05) is 44.2 Å². The van der Waals surface area contributed by atoms with Crippen LogP contribution in [0.1, 0.15) is 65.9 Å². The van der Waals surface area contributed by atoms with E-state index in [2.05, 4.69) is 26.1 Å². The van der Waals surface area contributed by atoms with Crippen LogP contribution in [0.5, 0.6) is 0 Å². The van der Waals surface area contributed by atoms with Gasteiger partial charge in [-0.15, -0.1) is 0 Å². The van der Waals surface area contributed by atoms with E-state index in [0.717, 1.165) is 31.2 Å². The van der Waals surface area contributed by atoms with Crippen LogP contribution in [0.2, 0.25) is 0 Å². The highest BCUT2D eigenvalue weighted by molar-refractivity contribution is 7.89. The van der Waals surface area contributed by atoms with Gasteiger partial charge in [-0.3, -0.25) is 4.79 Å². The molecule has 164 valence electrons. The Hall–Kier alpha value is -1.40. The van der Waals surface area contributed by atoms with Crippen molar-refractivity contribution in [1.82, 2.24) is 9.62 Å². The van der Waals surface area contributed by atoms with Crippen LogP contribution < -0.4 is 5.32 Å². The molecule has 0 spiro atoms. The van der Waals surface area contributed by atoms with Crippen molar-refractivity contribution < 1.29 is 13.2 Å². The third-order valence-corrected chi connectivity index (χ3v) is 7.22. The van der Waals surface area contributed by atoms with Crippen LogP contribution in [-0.4, -0.2) is 43.0 Å². The van der Waals surface area contributed by atoms with E-state index in [0.29, 0.717) is 19.5 Å². The van der Waals surface area contributed by atoms with Gasteiger partial charge in [0.1, 0.15) is 0 Å². The number of nitrogens with one attached hydrogen (secondary N) is 1. The van der Waals surface area contributed by atoms with Crippen LogP contribution >= 0.6 is 0 Å². The van der Waals surface area contributed by atoms with E-state index >= 15 is 0 Å². The molecule has 1 fully saturated rings. The Labute approximate surface area is 177 Å². The summed E-state index contributed by atoms with van der Waals surface area (Å²) < 4.78 is 27.2. The Kier molecular flexibility index (Phi) is 7.91. The molecular formula is C23H38N2O3S. The first kappa shape index (κ1) is 23.9. The molecule has 1 saturated heterocycles. The molecule has 1 N–H and O–H groups in total. The minimum absolute atomic E-state index is 0.0246. The average Bonchev–Trinajstić information content (AvgIpc) is 2.60. The van der Waals surface area contributed by atoms with Crippen LogP contribution in [-0.2, 0) is 21.2 Å². The lowest BCUT2D eigenvalue weighted by Crippen LogP contribution is -2.52. The molecule has 0 saturated carbocycles. The van der Waals surface area contributed by atoms with Gasteiger partial charge in [0.2, 0.25) is 15.9 Å². The summed E-state index contributed by atoms with van der Waals surface area (Å²) in [6, 6.07) is 9.94. The summed E-state index contributed by atoms with van der Waals surface area (Å²) in [7, 11) is -3.34. The Morgan fingerprint density at radius 2 is 1.79 bits per heavy atom. The highest BCUT2D eigenvalue weighted by atomic mass is 32.2. The molecule has 1 atom stereocenters. The Morgan fingerprint density at radius 1 is 1.14 bits per heavy atom. The van der Waals surface area contributed by atoms with Crippen molar-refractivity contribution >= 4 is 15.9 Å². The maximum Gasteiger partial charge on any atom is 0.224 e. The fourth-order valence-electron chi connectivity index (χ4n) is 4.45. The summed E-state index contributed by atoms with van der Waals surface area (Å²) in [5.74, 6) is -0.165. The van der Waals surface area contributed by atoms with Gasteiger partial charge < -0.3 is 5.32 Å². The van der Waals surface area contributed by atoms with Crippen LogP contribution in [0.4, 0.5) is 0 Å². The van der Waals surface area contributed by atoms with Gasteiger partial charge in [0, 0.05) is 18.6 Å². The molecule has 1 aliphatic rings. The van der Waals surface area contributed by atoms with Crippen molar-refractivity contribution in [3.05, 3.63) is 35.9 Å². The number of carbonyl (C=O) groups is 1. The van der Waals surface area contributed by atoms with Crippen LogP contribution in [0.15, 0.2) is 30.3 Å². The molecular weight excluding hydrogens is 384 g/mol. The van der Waals surface area contributed by atoms with Crippen LogP contribution in [0.25, 0.3) is 0 Å². The smallest absolute Gasteiger partial charge is 0.224 e. The molecule has 2 rings (SSSR count). The van der Waals surface area contributed by atoms with Gasteiger partial charge in [0.15, 0.2) is 0 Å². The lowest BCUT2D eigenvalue weighted by molar-refractivity contribution is -0.128. The molecule has 6 heteroatoms. The number of aryl methyl sites for hydroxylation is 1. The second-order valence-corrected chi connectivity index (χ2v) is 12.3. The van der Waals surface area contributed by atoms with Crippen molar-refractivity contribution in [3.63, 3.8) is 0 Å². The maximum absolute atomic E-state index is 12.8. The molecule has 0 radical (unpaired) electrons. The number of rotatable bonds is 8. The third-order valence-electron chi connectivity index (χ3n) is 5.29. The molecule has 0 aliphatic carbocycles. The maximum atomic E-state index is 12.8. The summed E-state index contributed by atoms with van der Waals surface area (Å²) in [4.78, 5) is 12.8. The van der Waals surface area contributed by atoms with Crippen LogP contribution in [0, 0.1) is 11.3 Å². The first-order valence-corrected chi connectivity index (χ1v) is 12.3. The summed E-state index contributed by atoms with van der Waals surface area (Å²) in [6.07, 6.45) is 3.68. The zero-order chi connectivity index (χ0) is 21.7. The molecule has 1 heterocycles. The molecule has 1 aliphatic heterocycles. The van der Waals surface area contributed by atoms with Gasteiger partial charge in [-0.1, -0.05) is 51.1 Å². The third kappa shape index (κ3) is 8.09. The van der Waals surface area contributed by atoms with E-state index in [1.165, 1.54) is 4.31 Å². The number of hydrogen-bond acceptors (Lipinski definition) is 3. The topological polar surface area (TPSA) is 66.5 Å². The Balaban J connectivity index is 1.90. The normalized spacial score (nSPS) is 19.1. The number of nitrogens with zero attached hydrogens (tertiary/aromatic N) is 1. The molecule has 1 aromatic rings. The number of benzene rings is 1. The van der Waals surface area contributed by atoms with E-state index in [1.54, 1.807) is 0 Å². The van der Waals surface area contributed by atoms with E-state index < -0.39 is 10.0 Å². The van der Waals surface area contributed by atoms with Gasteiger partial charge in [-0.05, 0) is 56.9 Å². The lowest BCUT2D eigenvalue weighted by Gasteiger charge is -2.36. The van der Waals surface area contributed by atoms with Crippen molar-refractivity contribution in [2.75, 3.05) is 18.8 Å². The largest absolute Gasteiger partial charge is 0.351 e. The quantitative estimate of drug-likeness (QED) is 0.689. The SMILES string of the molecule is CC(C)(C)CC(C)(C)NC(=O)[C@H]1CCCN(S(=O)(=O)CCCc2ccccc2)C1. The first-order valence-electron chi connectivity index (χ1n) is 10.7. The number of hydrogen-bond donors (Lipinski definition) is 1. The molecule has 0 bridgehead atoms. The van der Waals surface area contributed by atoms with Crippen LogP contribution in [0.3, 0.4) is 0 Å². The molecule has 29 heavy (non-hydrogen) atoms. The van der Waals surface area contributed by atoms with E-state index in [4.69, 9.17) is 0 Å². The summed E-state index contributed by atoms with van der Waals surface area (Å²) in [6.45, 7) is 11.4. The standard InChI is InChI=1S/C23H38N2O3S/c1-22(2,3)18-23(4,5)24-21(26)20-14-9-15-25(17-20)29(27,28)16-10-13-19-11-7-6-8-12-19/h6-8,11-12,20H,9-10,13-18H2,1-5H3,(H,24,26)/t20-/m0/s1. The predicted octanol–water partition coefficient (Wildman–Crippen LogP) is 3.99. The fraction of sp³-hybridized carbons (Fsp3) is 0.696. The summed E-state index contributed by atoms with van der Waals surface area (Å²) in [5, 5.41) is 3.16. The van der Waals surface area contributed by atoms with Crippen molar-refractivity contribution in [1.29, 1.82) is 0 Å². The van der Waals surface area contributed by atoms with Crippen molar-refractivity contribution in [2.24, 2.45) is 11.3 Å². The molecule has 0 aromatic heterocycles. The minimum Gasteiger partial charge on any atom is -0.351 e. The zero-order valence-corrected chi connectivity index (χ0v) is 19.5. The second-order valence-electron chi connectivity index (χ2n) is 10.2. The zero-order valence-electron chi connectivity index (χ0n) is 18.7. The van der Waals surface area contributed by atoms with Gasteiger partial charge in [-0.25, -0.2) is 12.7 Å². The molecule has 0 unspecified atom stereocenters. The minimum atomic E-state index is -3.34. The number of carbonyl (C=O) groups excluding carboxylic acids is 1. The number of amides is 1. The number of sulfonamides is 1. The highest BCUT2D eigenvalue weighted by Gasteiger charge is 2.35. The van der Waals surface area contributed by atoms with E-state index in [-0.39, 0.29) is 28.5 Å². The fourth-order valence-corrected chi connectivity index (χ4v) is 6.03. The van der Waals surface area contributed by atoms with E-state index in [9.17, 15) is 13.2 Å². The summed E-state index contributed by atoms with van der Waals surface area (Å²) >= 11 is 0. The summed E-state index contributed by atoms with van der Waals surface area (Å²) in [5.41, 5.74) is 0.948. The first-order chi connectivity index (χ1) is 13.4. The Morgan fingerprint density at radius 3 is 2.41 bits per heavy atom. The van der Waals surface area contributed by atoms with Gasteiger partial charge in [0.25, 0.3) is 0 Å². The average molecular weight is 423 g/mol. The predicted molar refractivity (Wildman–Crippen MR) is 119 cm³/mol. The highest BCUT2D eigenvalue weighted by Crippen LogP contribution is 2.28. The second kappa shape index (κ2) is 9.61.